The molecule has 0 saturated heterocycles. The maximum atomic E-state index is 13.7. The number of aromatic nitrogens is 1. The van der Waals surface area contributed by atoms with Crippen molar-refractivity contribution in [1.29, 1.82) is 0 Å². The highest BCUT2D eigenvalue weighted by atomic mass is 32.1. The van der Waals surface area contributed by atoms with Crippen LogP contribution in [0.1, 0.15) is 34.1 Å². The van der Waals surface area contributed by atoms with Crippen molar-refractivity contribution < 1.29 is 9.59 Å². The van der Waals surface area contributed by atoms with Crippen LogP contribution < -0.4 is 5.32 Å². The minimum atomic E-state index is -1.02. The number of hydrogen-bond acceptors (Lipinski definition) is 3. The number of nitrogens with zero attached hydrogens (tertiary/aromatic N) is 2. The van der Waals surface area contributed by atoms with Crippen LogP contribution in [0.4, 0.5) is 0 Å². The Hall–Kier alpha value is -3.38. The van der Waals surface area contributed by atoms with Gasteiger partial charge < -0.3 is 14.8 Å². The molecule has 3 heterocycles. The molecule has 5 rings (SSSR count). The Morgan fingerprint density at radius 3 is 2.62 bits per heavy atom. The lowest BCUT2D eigenvalue weighted by Gasteiger charge is -2.44. The second-order valence-electron chi connectivity index (χ2n) is 8.56. The Kier molecular flexibility index (Phi) is 5.10. The molecule has 2 amide bonds. The first-order valence-corrected chi connectivity index (χ1v) is 11.6. The van der Waals surface area contributed by atoms with E-state index in [1.165, 1.54) is 0 Å². The summed E-state index contributed by atoms with van der Waals surface area (Å²) in [5.41, 5.74) is 2.81. The molecule has 0 fully saturated rings. The fourth-order valence-electron chi connectivity index (χ4n) is 4.43. The zero-order valence-electron chi connectivity index (χ0n) is 18.2. The number of hydrogen-bond donors (Lipinski definition) is 1. The SMILES string of the molecule is Cc1ccccc1CN1C(=O)c2cc3ccsc3n2C[C@@]1(C)C(=O)NCc1ccccc1. The van der Waals surface area contributed by atoms with Crippen molar-refractivity contribution >= 4 is 33.4 Å². The summed E-state index contributed by atoms with van der Waals surface area (Å²) in [5.74, 6) is -0.257. The van der Waals surface area contributed by atoms with Gasteiger partial charge in [-0.2, -0.15) is 0 Å². The van der Waals surface area contributed by atoms with E-state index in [0.29, 0.717) is 25.3 Å². The third-order valence-corrected chi connectivity index (χ3v) is 7.35. The van der Waals surface area contributed by atoms with E-state index in [1.54, 1.807) is 16.2 Å². The lowest BCUT2D eigenvalue weighted by Crippen LogP contribution is -2.63. The summed E-state index contributed by atoms with van der Waals surface area (Å²) < 4.78 is 2.01. The van der Waals surface area contributed by atoms with E-state index in [9.17, 15) is 9.59 Å². The molecule has 6 heteroatoms. The van der Waals surface area contributed by atoms with Gasteiger partial charge in [-0.3, -0.25) is 9.59 Å². The molecule has 1 atom stereocenters. The van der Waals surface area contributed by atoms with Crippen molar-refractivity contribution in [3.05, 3.63) is 94.5 Å². The summed E-state index contributed by atoms with van der Waals surface area (Å²) in [6.45, 7) is 5.15. The Labute approximate surface area is 191 Å². The van der Waals surface area contributed by atoms with Gasteiger partial charge in [0.25, 0.3) is 5.91 Å². The highest BCUT2D eigenvalue weighted by Gasteiger charge is 2.47. The molecule has 0 saturated carbocycles. The van der Waals surface area contributed by atoms with Crippen molar-refractivity contribution in [2.75, 3.05) is 0 Å². The van der Waals surface area contributed by atoms with Crippen molar-refractivity contribution in [2.45, 2.75) is 39.0 Å². The predicted molar refractivity (Wildman–Crippen MR) is 128 cm³/mol. The quantitative estimate of drug-likeness (QED) is 0.484. The second-order valence-corrected chi connectivity index (χ2v) is 9.45. The first kappa shape index (κ1) is 20.5. The zero-order chi connectivity index (χ0) is 22.3. The van der Waals surface area contributed by atoms with Gasteiger partial charge >= 0.3 is 0 Å². The van der Waals surface area contributed by atoms with Crippen molar-refractivity contribution in [1.82, 2.24) is 14.8 Å². The van der Waals surface area contributed by atoms with Gasteiger partial charge in [0.05, 0.1) is 6.54 Å². The van der Waals surface area contributed by atoms with Crippen LogP contribution in [0.2, 0.25) is 0 Å². The van der Waals surface area contributed by atoms with E-state index in [4.69, 9.17) is 0 Å². The van der Waals surface area contributed by atoms with Crippen LogP contribution in [-0.4, -0.2) is 26.8 Å². The standard InChI is InChI=1S/C26H25N3O2S/c1-18-8-6-7-11-21(18)16-29-23(30)22-14-20-12-13-32-24(20)28(22)17-26(29,2)25(31)27-15-19-9-4-3-5-10-19/h3-14H,15-17H2,1-2H3,(H,27,31)/t26-/m0/s1. The van der Waals surface area contributed by atoms with Crippen molar-refractivity contribution in [3.8, 4) is 0 Å². The van der Waals surface area contributed by atoms with E-state index in [-0.39, 0.29) is 11.8 Å². The van der Waals surface area contributed by atoms with E-state index in [2.05, 4.69) is 5.32 Å². The van der Waals surface area contributed by atoms with Crippen molar-refractivity contribution in [3.63, 3.8) is 0 Å². The van der Waals surface area contributed by atoms with Crippen LogP contribution in [0.15, 0.2) is 72.1 Å². The minimum absolute atomic E-state index is 0.111. The maximum Gasteiger partial charge on any atom is 0.271 e. The summed E-state index contributed by atoms with van der Waals surface area (Å²) in [7, 11) is 0. The molecule has 0 unspecified atom stereocenters. The molecular weight excluding hydrogens is 418 g/mol. The fraction of sp³-hybridized carbons (Fsp3) is 0.231. The number of benzene rings is 2. The van der Waals surface area contributed by atoms with E-state index >= 15 is 0 Å². The number of aryl methyl sites for hydroxylation is 1. The van der Waals surface area contributed by atoms with Gasteiger partial charge in [0.15, 0.2) is 0 Å². The van der Waals surface area contributed by atoms with E-state index in [0.717, 1.165) is 26.9 Å². The number of amides is 2. The zero-order valence-corrected chi connectivity index (χ0v) is 19.0. The summed E-state index contributed by atoms with van der Waals surface area (Å²) in [6.07, 6.45) is 0. The van der Waals surface area contributed by atoms with Crippen LogP contribution in [0.5, 0.6) is 0 Å². The number of fused-ring (bicyclic) bond motifs is 3. The first-order chi connectivity index (χ1) is 15.5. The smallest absolute Gasteiger partial charge is 0.271 e. The fourth-order valence-corrected chi connectivity index (χ4v) is 5.33. The molecule has 5 nitrogen and oxygen atoms in total. The highest BCUT2D eigenvalue weighted by Crippen LogP contribution is 2.35. The second kappa shape index (κ2) is 7.95. The van der Waals surface area contributed by atoms with Crippen LogP contribution in [0.25, 0.3) is 10.2 Å². The molecule has 32 heavy (non-hydrogen) atoms. The van der Waals surface area contributed by atoms with Gasteiger partial charge in [-0.15, -0.1) is 11.3 Å². The van der Waals surface area contributed by atoms with Crippen LogP contribution in [-0.2, 0) is 24.4 Å². The average molecular weight is 444 g/mol. The Bertz CT molecular complexity index is 1310. The topological polar surface area (TPSA) is 54.3 Å². The lowest BCUT2D eigenvalue weighted by atomic mass is 9.93. The lowest BCUT2D eigenvalue weighted by molar-refractivity contribution is -0.133. The highest BCUT2D eigenvalue weighted by molar-refractivity contribution is 7.16. The average Bonchev–Trinajstić information content (AvgIpc) is 3.39. The van der Waals surface area contributed by atoms with Crippen molar-refractivity contribution in [2.24, 2.45) is 0 Å². The Morgan fingerprint density at radius 1 is 1.09 bits per heavy atom. The molecule has 0 aliphatic carbocycles. The number of thiophene rings is 1. The van der Waals surface area contributed by atoms with Gasteiger partial charge in [-0.25, -0.2) is 0 Å². The first-order valence-electron chi connectivity index (χ1n) is 10.7. The third-order valence-electron chi connectivity index (χ3n) is 6.40. The van der Waals surface area contributed by atoms with E-state index in [1.807, 2.05) is 90.5 Å². The summed E-state index contributed by atoms with van der Waals surface area (Å²) >= 11 is 1.60. The molecule has 1 N–H and O–H groups in total. The van der Waals surface area contributed by atoms with Gasteiger partial charge in [0, 0.05) is 18.5 Å². The van der Waals surface area contributed by atoms with Gasteiger partial charge in [-0.1, -0.05) is 54.6 Å². The minimum Gasteiger partial charge on any atom is -0.350 e. The number of rotatable bonds is 5. The Balaban J connectivity index is 1.53. The van der Waals surface area contributed by atoms with Crippen LogP contribution in [0.3, 0.4) is 0 Å². The van der Waals surface area contributed by atoms with E-state index < -0.39 is 5.54 Å². The molecule has 0 bridgehead atoms. The molecule has 4 aromatic rings. The number of carbonyl (C=O) groups is 2. The molecule has 0 spiro atoms. The molecule has 1 aliphatic rings. The Morgan fingerprint density at radius 2 is 1.84 bits per heavy atom. The maximum absolute atomic E-state index is 13.7. The predicted octanol–water partition coefficient (Wildman–Crippen LogP) is 4.74. The van der Waals surface area contributed by atoms with Crippen LogP contribution >= 0.6 is 11.3 Å². The van der Waals surface area contributed by atoms with Gasteiger partial charge in [0.1, 0.15) is 16.1 Å². The number of nitrogens with one attached hydrogen (secondary N) is 1. The number of carbonyl (C=O) groups excluding carboxylic acids is 2. The molecule has 1 aliphatic heterocycles. The molecule has 2 aromatic carbocycles. The normalized spacial score (nSPS) is 18.1. The molecule has 0 radical (unpaired) electrons. The van der Waals surface area contributed by atoms with Gasteiger partial charge in [-0.05, 0) is 48.1 Å². The molecular formula is C26H25N3O2S. The summed E-state index contributed by atoms with van der Waals surface area (Å²) in [6, 6.07) is 21.8. The monoisotopic (exact) mass is 443 g/mol. The largest absolute Gasteiger partial charge is 0.350 e. The van der Waals surface area contributed by atoms with Gasteiger partial charge in [0.2, 0.25) is 5.91 Å². The molecule has 2 aromatic heterocycles. The third kappa shape index (κ3) is 3.41. The molecule has 162 valence electrons. The van der Waals surface area contributed by atoms with Crippen LogP contribution in [0, 0.1) is 6.92 Å². The summed E-state index contributed by atoms with van der Waals surface area (Å²) in [5, 5.41) is 6.15. The summed E-state index contributed by atoms with van der Waals surface area (Å²) in [4.78, 5) is 30.1.